The van der Waals surface area contributed by atoms with Crippen LogP contribution in [0.5, 0.6) is 11.5 Å². The van der Waals surface area contributed by atoms with E-state index in [2.05, 4.69) is 62.0 Å². The maximum absolute atomic E-state index is 9.03. The van der Waals surface area contributed by atoms with Crippen molar-refractivity contribution >= 4 is 54.3 Å². The van der Waals surface area contributed by atoms with Crippen molar-refractivity contribution in [1.29, 1.82) is 0 Å². The van der Waals surface area contributed by atoms with Gasteiger partial charge in [-0.2, -0.15) is 0 Å². The number of thiophene rings is 1. The van der Waals surface area contributed by atoms with E-state index in [0.717, 1.165) is 43.4 Å². The Kier molecular flexibility index (Phi) is 6.32. The van der Waals surface area contributed by atoms with Crippen molar-refractivity contribution < 1.29 is 23.0 Å². The summed E-state index contributed by atoms with van der Waals surface area (Å²) in [5, 5.41) is 5.01. The second kappa shape index (κ2) is 14.2. The Bertz CT molecular complexity index is 3860. The molecule has 4 heterocycles. The monoisotopic (exact) mass is 802 g/mol. The predicted octanol–water partition coefficient (Wildman–Crippen LogP) is 13.8. The highest BCUT2D eigenvalue weighted by Gasteiger charge is 2.22. The zero-order valence-corrected chi connectivity index (χ0v) is 33.5. The van der Waals surface area contributed by atoms with E-state index in [1.165, 1.54) is 16.9 Å². The number of benzene rings is 7. The standard InChI is InChI=1S/C54H40N4OS/c1-54(2,3)38-29-30-55-52(31-38)58-46-22-11-10-19-43(46)44-27-25-40(33-49(44)58)59-39-26-28-51-45(32-39)50(34-60-51)56-35-57(48-24-13-12-23-47(48)56)53-41(36-15-6-4-7-16-36)20-14-21-42(53)37-17-8-5-9-18-37/h4-34H,1-3H3/i4D,5D,6D,7D,8D,9D,15D,16D,17D,18D. The molecule has 60 heavy (non-hydrogen) atoms. The van der Waals surface area contributed by atoms with E-state index in [0.29, 0.717) is 22.5 Å². The molecule has 0 N–H and O–H groups in total. The lowest BCUT2D eigenvalue weighted by Crippen LogP contribution is -2.31. The molecule has 6 heteroatoms. The Labute approximate surface area is 366 Å². The minimum atomic E-state index is -0.562. The van der Waals surface area contributed by atoms with Crippen molar-refractivity contribution in [2.75, 3.05) is 0 Å². The van der Waals surface area contributed by atoms with E-state index in [1.54, 1.807) is 22.8 Å². The highest BCUT2D eigenvalue weighted by Crippen LogP contribution is 2.39. The molecule has 0 aliphatic heterocycles. The lowest BCUT2D eigenvalue weighted by atomic mass is 9.88. The summed E-state index contributed by atoms with van der Waals surface area (Å²) in [6.45, 7) is 6.56. The zero-order chi connectivity index (χ0) is 49.1. The van der Waals surface area contributed by atoms with E-state index < -0.39 is 60.4 Å². The maximum atomic E-state index is 9.03. The third-order valence-electron chi connectivity index (χ3n) is 10.8. The van der Waals surface area contributed by atoms with Gasteiger partial charge >= 0.3 is 0 Å². The van der Waals surface area contributed by atoms with Crippen molar-refractivity contribution in [3.05, 3.63) is 199 Å². The van der Waals surface area contributed by atoms with Crippen molar-refractivity contribution in [1.82, 2.24) is 14.1 Å². The number of hydrogen-bond donors (Lipinski definition) is 0. The largest absolute Gasteiger partial charge is 0.457 e. The second-order valence-electron chi connectivity index (χ2n) is 15.5. The van der Waals surface area contributed by atoms with Gasteiger partial charge in [0.25, 0.3) is 6.33 Å². The van der Waals surface area contributed by atoms with E-state index >= 15 is 0 Å². The number of imidazole rings is 1. The maximum Gasteiger partial charge on any atom is 0.269 e. The summed E-state index contributed by atoms with van der Waals surface area (Å²) in [6, 6.07) is 31.6. The molecule has 0 unspecified atom stereocenters. The molecule has 5 nitrogen and oxygen atoms in total. The normalized spacial score (nSPS) is 14.2. The molecular formula is C54H40N4OS. The fraction of sp³-hybridized carbons (Fsp3) is 0.0741. The van der Waals surface area contributed by atoms with Crippen LogP contribution in [0.25, 0.3) is 82.4 Å². The first-order chi connectivity index (χ1) is 33.5. The highest BCUT2D eigenvalue weighted by molar-refractivity contribution is 7.17. The number of para-hydroxylation sites is 4. The van der Waals surface area contributed by atoms with Crippen molar-refractivity contribution in [3.63, 3.8) is 0 Å². The van der Waals surface area contributed by atoms with Crippen LogP contribution in [0.3, 0.4) is 0 Å². The number of ether oxygens (including phenoxy) is 1. The van der Waals surface area contributed by atoms with Gasteiger partial charge in [0.05, 0.1) is 47.1 Å². The summed E-state index contributed by atoms with van der Waals surface area (Å²) in [7, 11) is 0. The molecule has 0 aliphatic rings. The molecule has 0 spiro atoms. The molecule has 7 aromatic carbocycles. The van der Waals surface area contributed by atoms with Gasteiger partial charge in [-0.25, -0.2) is 4.98 Å². The molecule has 0 bridgehead atoms. The molecule has 11 aromatic rings. The molecule has 0 atom stereocenters. The Balaban J connectivity index is 1.09. The van der Waals surface area contributed by atoms with Gasteiger partial charge in [-0.3, -0.25) is 13.7 Å². The number of pyridine rings is 1. The number of aromatic nitrogens is 4. The van der Waals surface area contributed by atoms with E-state index in [4.69, 9.17) is 23.4 Å². The lowest BCUT2D eigenvalue weighted by molar-refractivity contribution is -0.571. The quantitative estimate of drug-likeness (QED) is 0.119. The fourth-order valence-electron chi connectivity index (χ4n) is 8.00. The Hall–Kier alpha value is -7.28. The van der Waals surface area contributed by atoms with Crippen LogP contribution in [0.2, 0.25) is 0 Å². The van der Waals surface area contributed by atoms with Crippen LogP contribution >= 0.6 is 11.3 Å². The van der Waals surface area contributed by atoms with Crippen molar-refractivity contribution in [2.24, 2.45) is 0 Å². The minimum absolute atomic E-state index is 0.0788. The molecule has 0 fully saturated rings. The molecule has 0 radical (unpaired) electrons. The van der Waals surface area contributed by atoms with E-state index in [-0.39, 0.29) is 33.4 Å². The third kappa shape index (κ3) is 6.07. The summed E-state index contributed by atoms with van der Waals surface area (Å²) in [5.74, 6) is 2.02. The van der Waals surface area contributed by atoms with Gasteiger partial charge in [-0.1, -0.05) is 142 Å². The third-order valence-corrected chi connectivity index (χ3v) is 11.8. The average Bonchev–Trinajstić information content (AvgIpc) is 4.05. The Morgan fingerprint density at radius 2 is 1.32 bits per heavy atom. The number of rotatable bonds is 7. The van der Waals surface area contributed by atoms with Gasteiger partial charge in [-0.15, -0.1) is 11.3 Å². The fourth-order valence-corrected chi connectivity index (χ4v) is 8.90. The Morgan fingerprint density at radius 3 is 2.07 bits per heavy atom. The van der Waals surface area contributed by atoms with E-state index in [9.17, 15) is 0 Å². The van der Waals surface area contributed by atoms with Crippen LogP contribution < -0.4 is 9.30 Å². The van der Waals surface area contributed by atoms with Crippen molar-refractivity contribution in [2.45, 2.75) is 26.2 Å². The molecule has 288 valence electrons. The van der Waals surface area contributed by atoms with Crippen LogP contribution in [0, 0.1) is 6.33 Å². The number of nitrogens with zero attached hydrogens (tertiary/aromatic N) is 4. The van der Waals surface area contributed by atoms with Gasteiger partial charge in [0.1, 0.15) is 17.3 Å². The molecule has 11 rings (SSSR count). The van der Waals surface area contributed by atoms with Gasteiger partial charge in [0.15, 0.2) is 0 Å². The van der Waals surface area contributed by atoms with Crippen LogP contribution in [0.4, 0.5) is 0 Å². The Morgan fingerprint density at radius 1 is 0.650 bits per heavy atom. The molecule has 0 saturated heterocycles. The van der Waals surface area contributed by atoms with Crippen LogP contribution in [0.1, 0.15) is 40.0 Å². The molecule has 0 saturated carbocycles. The summed E-state index contributed by atoms with van der Waals surface area (Å²) >= 11 is 1.53. The predicted molar refractivity (Wildman–Crippen MR) is 247 cm³/mol. The second-order valence-corrected chi connectivity index (χ2v) is 16.4. The van der Waals surface area contributed by atoms with Crippen LogP contribution in [0.15, 0.2) is 187 Å². The lowest BCUT2D eigenvalue weighted by Gasteiger charge is -2.20. The molecule has 4 aromatic heterocycles. The minimum Gasteiger partial charge on any atom is -0.457 e. The number of hydrogen-bond acceptors (Lipinski definition) is 3. The first-order valence-corrected chi connectivity index (χ1v) is 20.3. The summed E-state index contributed by atoms with van der Waals surface area (Å²) in [6.07, 6.45) is 5.36. The molecular weight excluding hydrogens is 753 g/mol. The summed E-state index contributed by atoms with van der Waals surface area (Å²) < 4.78 is 100. The first-order valence-electron chi connectivity index (χ1n) is 24.5. The van der Waals surface area contributed by atoms with Crippen LogP contribution in [-0.4, -0.2) is 14.1 Å². The van der Waals surface area contributed by atoms with Gasteiger partial charge in [0.2, 0.25) is 0 Å². The average molecular weight is 803 g/mol. The smallest absolute Gasteiger partial charge is 0.269 e. The first kappa shape index (κ1) is 26.7. The zero-order valence-electron chi connectivity index (χ0n) is 42.7. The van der Waals surface area contributed by atoms with Crippen molar-refractivity contribution in [3.8, 4) is 50.9 Å². The number of fused-ring (bicyclic) bond motifs is 5. The topological polar surface area (TPSA) is 35.9 Å². The van der Waals surface area contributed by atoms with E-state index in [1.807, 2.05) is 82.9 Å². The summed E-state index contributed by atoms with van der Waals surface area (Å²) in [4.78, 5) is 4.83. The highest BCUT2D eigenvalue weighted by atomic mass is 32.1. The molecule has 0 amide bonds. The van der Waals surface area contributed by atoms with Crippen LogP contribution in [-0.2, 0) is 5.41 Å². The van der Waals surface area contributed by atoms with Gasteiger partial charge in [0, 0.05) is 38.5 Å². The van der Waals surface area contributed by atoms with Gasteiger partial charge in [-0.05, 0) is 81.8 Å². The SMILES string of the molecule is [2H]c1c([2H])c([2H])c(-c2cccc(-c3c([2H])c([2H])c([2H])c([2H])c3[2H])c2-[n+]2[c-]n(-c3csc4ccc(Oc5ccc6c7ccccc7n(-c7cc(C(C)(C)C)ccn7)c6c5)cc34)c3ccccc32)c([2H])c1[2H]. The molecule has 0 aliphatic carbocycles. The summed E-state index contributed by atoms with van der Waals surface area (Å²) in [5.41, 5.74) is 5.36. The van der Waals surface area contributed by atoms with Gasteiger partial charge < -0.3 is 4.74 Å².